The number of piperidine rings is 1. The molecule has 0 radical (unpaired) electrons. The third kappa shape index (κ3) is 7.41. The fourth-order valence-electron chi connectivity index (χ4n) is 4.91. The fourth-order valence-corrected chi connectivity index (χ4v) is 5.35. The lowest BCUT2D eigenvalue weighted by molar-refractivity contribution is -0.117. The van der Waals surface area contributed by atoms with Gasteiger partial charge in [-0.15, -0.1) is 0 Å². The number of carbonyl (C=O) groups is 2. The summed E-state index contributed by atoms with van der Waals surface area (Å²) in [6, 6.07) is 19.3. The second-order valence-corrected chi connectivity index (χ2v) is 11.2. The minimum absolute atomic E-state index is 0.0208. The van der Waals surface area contributed by atoms with E-state index in [2.05, 4.69) is 4.90 Å². The molecule has 36 heavy (non-hydrogen) atoms. The van der Waals surface area contributed by atoms with Crippen LogP contribution in [0.25, 0.3) is 0 Å². The molecule has 1 amide bonds. The van der Waals surface area contributed by atoms with Crippen molar-refractivity contribution in [2.24, 2.45) is 11.8 Å². The zero-order valence-electron chi connectivity index (χ0n) is 20.4. The molecule has 0 aliphatic carbocycles. The van der Waals surface area contributed by atoms with Crippen LogP contribution in [0.15, 0.2) is 72.9 Å². The first kappa shape index (κ1) is 25.9. The number of allylic oxidation sites excluding steroid dienone is 1. The van der Waals surface area contributed by atoms with Crippen molar-refractivity contribution in [3.63, 3.8) is 0 Å². The van der Waals surface area contributed by atoms with E-state index in [1.807, 2.05) is 66.9 Å². The van der Waals surface area contributed by atoms with Gasteiger partial charge in [-0.05, 0) is 29.5 Å². The maximum atomic E-state index is 13.0. The van der Waals surface area contributed by atoms with E-state index in [0.717, 1.165) is 17.4 Å². The Morgan fingerprint density at radius 3 is 2.33 bits per heavy atom. The third-order valence-electron chi connectivity index (χ3n) is 6.59. The summed E-state index contributed by atoms with van der Waals surface area (Å²) in [6.45, 7) is 1.51. The number of ketones is 1. The lowest BCUT2D eigenvalue weighted by Crippen LogP contribution is -2.52. The molecule has 0 unspecified atom stereocenters. The maximum Gasteiger partial charge on any atom is 0.410 e. The smallest absolute Gasteiger partial charge is 0.410 e. The largest absolute Gasteiger partial charge is 0.445 e. The van der Waals surface area contributed by atoms with Crippen LogP contribution in [0.4, 0.5) is 4.79 Å². The Kier molecular flexibility index (Phi) is 8.43. The first-order chi connectivity index (χ1) is 17.3. The topological polar surface area (TPSA) is 93.2 Å². The summed E-state index contributed by atoms with van der Waals surface area (Å²) < 4.78 is 34.0. The lowest BCUT2D eigenvalue weighted by atomic mass is 9.81. The molecule has 2 aromatic carbocycles. The molecule has 0 N–H and O–H groups in total. The molecule has 0 aromatic heterocycles. The normalized spacial score (nSPS) is 22.5. The SMILES string of the molecule is CS(=O)(=O)OC[C@@H]1C[C@H]([C@H]2CC(=O)C=CN2Cc2ccccc2)CN(C(=O)OCc2ccccc2)C1. The summed E-state index contributed by atoms with van der Waals surface area (Å²) in [6.07, 6.45) is 4.96. The van der Waals surface area contributed by atoms with Crippen LogP contribution in [0, 0.1) is 11.8 Å². The van der Waals surface area contributed by atoms with Gasteiger partial charge in [0.2, 0.25) is 0 Å². The van der Waals surface area contributed by atoms with Crippen LogP contribution in [0.5, 0.6) is 0 Å². The molecule has 2 heterocycles. The van der Waals surface area contributed by atoms with Gasteiger partial charge >= 0.3 is 6.09 Å². The van der Waals surface area contributed by atoms with Crippen LogP contribution < -0.4 is 0 Å². The summed E-state index contributed by atoms with van der Waals surface area (Å²) in [5.74, 6) is -0.229. The van der Waals surface area contributed by atoms with Gasteiger partial charge < -0.3 is 14.5 Å². The highest BCUT2D eigenvalue weighted by Gasteiger charge is 2.39. The van der Waals surface area contributed by atoms with Gasteiger partial charge in [-0.3, -0.25) is 8.98 Å². The predicted octanol–water partition coefficient (Wildman–Crippen LogP) is 3.59. The summed E-state index contributed by atoms with van der Waals surface area (Å²) >= 11 is 0. The first-order valence-electron chi connectivity index (χ1n) is 12.1. The number of rotatable bonds is 8. The highest BCUT2D eigenvalue weighted by atomic mass is 32.2. The molecule has 3 atom stereocenters. The van der Waals surface area contributed by atoms with Crippen LogP contribution in [0.2, 0.25) is 0 Å². The number of amides is 1. The van der Waals surface area contributed by atoms with Gasteiger partial charge in [-0.1, -0.05) is 60.7 Å². The maximum absolute atomic E-state index is 13.0. The number of hydrogen-bond acceptors (Lipinski definition) is 7. The minimum Gasteiger partial charge on any atom is -0.445 e. The Bertz CT molecular complexity index is 1170. The predicted molar refractivity (Wildman–Crippen MR) is 135 cm³/mol. The average Bonchev–Trinajstić information content (AvgIpc) is 2.88. The molecule has 4 rings (SSSR count). The molecular formula is C27H32N2O6S. The Morgan fingerprint density at radius 2 is 1.67 bits per heavy atom. The molecule has 9 heteroatoms. The fraction of sp³-hybridized carbons (Fsp3) is 0.407. The number of carbonyl (C=O) groups excluding carboxylic acids is 2. The minimum atomic E-state index is -3.62. The second kappa shape index (κ2) is 11.7. The van der Waals surface area contributed by atoms with Crippen LogP contribution in [-0.2, 0) is 37.0 Å². The third-order valence-corrected chi connectivity index (χ3v) is 7.16. The highest BCUT2D eigenvalue weighted by molar-refractivity contribution is 7.85. The van der Waals surface area contributed by atoms with Crippen molar-refractivity contribution in [3.8, 4) is 0 Å². The van der Waals surface area contributed by atoms with E-state index in [1.165, 1.54) is 0 Å². The molecule has 2 aliphatic heterocycles. The van der Waals surface area contributed by atoms with Crippen molar-refractivity contribution in [2.45, 2.75) is 32.0 Å². The molecule has 8 nitrogen and oxygen atoms in total. The number of benzene rings is 2. The monoisotopic (exact) mass is 512 g/mol. The lowest BCUT2D eigenvalue weighted by Gasteiger charge is -2.44. The molecule has 1 saturated heterocycles. The Labute approximate surface area is 212 Å². The zero-order valence-corrected chi connectivity index (χ0v) is 21.2. The molecular weight excluding hydrogens is 480 g/mol. The summed E-state index contributed by atoms with van der Waals surface area (Å²) in [5, 5.41) is 0. The number of ether oxygens (including phenoxy) is 1. The van der Waals surface area contributed by atoms with E-state index < -0.39 is 16.2 Å². The Balaban J connectivity index is 1.51. The summed E-state index contributed by atoms with van der Waals surface area (Å²) in [5.41, 5.74) is 2.00. The molecule has 2 aliphatic rings. The van der Waals surface area contributed by atoms with E-state index in [1.54, 1.807) is 11.0 Å². The van der Waals surface area contributed by atoms with Crippen LogP contribution in [-0.4, -0.2) is 62.1 Å². The van der Waals surface area contributed by atoms with Gasteiger partial charge in [-0.2, -0.15) is 8.42 Å². The molecule has 2 aromatic rings. The van der Waals surface area contributed by atoms with Crippen molar-refractivity contribution < 1.29 is 26.9 Å². The Morgan fingerprint density at radius 1 is 1.00 bits per heavy atom. The summed E-state index contributed by atoms with van der Waals surface area (Å²) in [7, 11) is -3.62. The molecule has 1 fully saturated rings. The average molecular weight is 513 g/mol. The van der Waals surface area contributed by atoms with Crippen molar-refractivity contribution in [1.29, 1.82) is 0 Å². The van der Waals surface area contributed by atoms with Crippen molar-refractivity contribution in [1.82, 2.24) is 9.80 Å². The van der Waals surface area contributed by atoms with Crippen molar-refractivity contribution in [2.75, 3.05) is 26.0 Å². The Hall–Kier alpha value is -3.17. The van der Waals surface area contributed by atoms with E-state index in [4.69, 9.17) is 8.92 Å². The van der Waals surface area contributed by atoms with Crippen molar-refractivity contribution in [3.05, 3.63) is 84.1 Å². The standard InChI is InChI=1S/C27H32N2O6S/c1-36(32,33)35-20-23-14-24(18-29(17-23)27(31)34-19-22-10-6-3-7-11-22)26-15-25(30)12-13-28(26)16-21-8-4-2-5-9-21/h2-13,23-24,26H,14-20H2,1H3/t23-,24+,26-/m1/s1. The zero-order chi connectivity index (χ0) is 25.5. The molecule has 192 valence electrons. The van der Waals surface area contributed by atoms with E-state index in [-0.39, 0.29) is 36.9 Å². The van der Waals surface area contributed by atoms with E-state index in [9.17, 15) is 18.0 Å². The van der Waals surface area contributed by atoms with Gasteiger partial charge in [-0.25, -0.2) is 4.79 Å². The van der Waals surface area contributed by atoms with Crippen molar-refractivity contribution >= 4 is 22.0 Å². The molecule has 0 spiro atoms. The molecule has 0 bridgehead atoms. The van der Waals surface area contributed by atoms with E-state index >= 15 is 0 Å². The number of likely N-dealkylation sites (tertiary alicyclic amines) is 1. The van der Waals surface area contributed by atoms with Gasteiger partial charge in [0.15, 0.2) is 5.78 Å². The molecule has 0 saturated carbocycles. The van der Waals surface area contributed by atoms with Gasteiger partial charge in [0.25, 0.3) is 10.1 Å². The van der Waals surface area contributed by atoms with Gasteiger partial charge in [0.05, 0.1) is 12.9 Å². The highest BCUT2D eigenvalue weighted by Crippen LogP contribution is 2.32. The van der Waals surface area contributed by atoms with Crippen LogP contribution >= 0.6 is 0 Å². The van der Waals surface area contributed by atoms with Crippen LogP contribution in [0.3, 0.4) is 0 Å². The number of nitrogens with zero attached hydrogens (tertiary/aromatic N) is 2. The first-order valence-corrected chi connectivity index (χ1v) is 13.9. The summed E-state index contributed by atoms with van der Waals surface area (Å²) in [4.78, 5) is 29.2. The van der Waals surface area contributed by atoms with Crippen LogP contribution in [0.1, 0.15) is 24.0 Å². The van der Waals surface area contributed by atoms with Gasteiger partial charge in [0, 0.05) is 44.2 Å². The second-order valence-electron chi connectivity index (χ2n) is 9.51. The number of hydrogen-bond donors (Lipinski definition) is 0. The van der Waals surface area contributed by atoms with E-state index in [0.29, 0.717) is 32.5 Å². The van der Waals surface area contributed by atoms with Gasteiger partial charge in [0.1, 0.15) is 6.61 Å². The quantitative estimate of drug-likeness (QED) is 0.499.